The lowest BCUT2D eigenvalue weighted by molar-refractivity contribution is 0.122. The SMILES string of the molecule is CCCOc1ccc(S(=O)(=O)NCC2(COC)CCCN2)cc1.Cl. The van der Waals surface area contributed by atoms with Crippen LogP contribution >= 0.6 is 12.4 Å². The molecule has 2 rings (SSSR count). The quantitative estimate of drug-likeness (QED) is 0.686. The monoisotopic (exact) mass is 378 g/mol. The molecule has 0 aliphatic carbocycles. The van der Waals surface area contributed by atoms with Gasteiger partial charge in [0.1, 0.15) is 5.75 Å². The van der Waals surface area contributed by atoms with Crippen molar-refractivity contribution in [2.45, 2.75) is 36.6 Å². The van der Waals surface area contributed by atoms with E-state index in [9.17, 15) is 8.42 Å². The third kappa shape index (κ3) is 5.60. The van der Waals surface area contributed by atoms with Gasteiger partial charge < -0.3 is 14.8 Å². The van der Waals surface area contributed by atoms with Gasteiger partial charge in [-0.15, -0.1) is 12.4 Å². The molecule has 138 valence electrons. The van der Waals surface area contributed by atoms with E-state index in [0.29, 0.717) is 25.5 Å². The third-order valence-electron chi connectivity index (χ3n) is 3.96. The molecule has 1 heterocycles. The zero-order chi connectivity index (χ0) is 16.8. The first-order valence-electron chi connectivity index (χ1n) is 7.98. The lowest BCUT2D eigenvalue weighted by atomic mass is 9.99. The normalized spacial score (nSPS) is 20.6. The van der Waals surface area contributed by atoms with Gasteiger partial charge in [0.05, 0.1) is 23.6 Å². The Morgan fingerprint density at radius 2 is 2.00 bits per heavy atom. The lowest BCUT2D eigenvalue weighted by Gasteiger charge is -2.28. The Bertz CT molecular complexity index is 587. The fourth-order valence-corrected chi connectivity index (χ4v) is 3.85. The molecular weight excluding hydrogens is 352 g/mol. The maximum absolute atomic E-state index is 12.4. The van der Waals surface area contributed by atoms with Gasteiger partial charge in [-0.1, -0.05) is 6.92 Å². The summed E-state index contributed by atoms with van der Waals surface area (Å²) in [4.78, 5) is 0.243. The summed E-state index contributed by atoms with van der Waals surface area (Å²) in [5, 5.41) is 3.36. The fourth-order valence-electron chi connectivity index (χ4n) is 2.72. The summed E-state index contributed by atoms with van der Waals surface area (Å²) in [7, 11) is -1.91. The molecule has 1 aromatic carbocycles. The predicted octanol–water partition coefficient (Wildman–Crippen LogP) is 1.94. The molecule has 24 heavy (non-hydrogen) atoms. The van der Waals surface area contributed by atoms with Crippen LogP contribution in [0.25, 0.3) is 0 Å². The first kappa shape index (κ1) is 21.2. The van der Waals surface area contributed by atoms with Crippen LogP contribution in [0.1, 0.15) is 26.2 Å². The van der Waals surface area contributed by atoms with Gasteiger partial charge in [-0.05, 0) is 50.1 Å². The van der Waals surface area contributed by atoms with E-state index in [2.05, 4.69) is 10.0 Å². The molecule has 6 nitrogen and oxygen atoms in total. The van der Waals surface area contributed by atoms with Crippen LogP contribution in [-0.2, 0) is 14.8 Å². The second kappa shape index (κ2) is 9.58. The minimum Gasteiger partial charge on any atom is -0.494 e. The number of sulfonamides is 1. The van der Waals surface area contributed by atoms with Crippen LogP contribution in [0, 0.1) is 0 Å². The van der Waals surface area contributed by atoms with E-state index in [1.807, 2.05) is 6.92 Å². The topological polar surface area (TPSA) is 76.7 Å². The summed E-state index contributed by atoms with van der Waals surface area (Å²) < 4.78 is 38.3. The van der Waals surface area contributed by atoms with E-state index in [0.717, 1.165) is 25.8 Å². The highest BCUT2D eigenvalue weighted by molar-refractivity contribution is 7.89. The minimum absolute atomic E-state index is 0. The molecule has 1 aromatic rings. The minimum atomic E-state index is -3.54. The molecule has 0 aromatic heterocycles. The maximum Gasteiger partial charge on any atom is 0.240 e. The van der Waals surface area contributed by atoms with Crippen molar-refractivity contribution in [2.24, 2.45) is 0 Å². The highest BCUT2D eigenvalue weighted by Gasteiger charge is 2.34. The van der Waals surface area contributed by atoms with Crippen molar-refractivity contribution in [3.8, 4) is 5.75 Å². The van der Waals surface area contributed by atoms with Crippen molar-refractivity contribution in [3.63, 3.8) is 0 Å². The lowest BCUT2D eigenvalue weighted by Crippen LogP contribution is -2.52. The van der Waals surface area contributed by atoms with E-state index >= 15 is 0 Å². The molecule has 0 radical (unpaired) electrons. The largest absolute Gasteiger partial charge is 0.494 e. The van der Waals surface area contributed by atoms with Gasteiger partial charge in [-0.25, -0.2) is 13.1 Å². The molecule has 2 N–H and O–H groups in total. The average molecular weight is 379 g/mol. The van der Waals surface area contributed by atoms with Gasteiger partial charge in [0, 0.05) is 13.7 Å². The van der Waals surface area contributed by atoms with Crippen LogP contribution in [0.15, 0.2) is 29.2 Å². The van der Waals surface area contributed by atoms with Crippen LogP contribution < -0.4 is 14.8 Å². The summed E-state index contributed by atoms with van der Waals surface area (Å²) in [6, 6.07) is 6.50. The molecule has 0 spiro atoms. The van der Waals surface area contributed by atoms with Crippen molar-refractivity contribution < 1.29 is 17.9 Å². The van der Waals surface area contributed by atoms with Crippen molar-refractivity contribution in [2.75, 3.05) is 33.4 Å². The van der Waals surface area contributed by atoms with Crippen LogP contribution in [0.3, 0.4) is 0 Å². The number of hydrogen-bond acceptors (Lipinski definition) is 5. The van der Waals surface area contributed by atoms with E-state index in [1.54, 1.807) is 31.4 Å². The third-order valence-corrected chi connectivity index (χ3v) is 5.38. The van der Waals surface area contributed by atoms with Crippen molar-refractivity contribution >= 4 is 22.4 Å². The highest BCUT2D eigenvalue weighted by atomic mass is 35.5. The number of halogens is 1. The van der Waals surface area contributed by atoms with Gasteiger partial charge in [-0.3, -0.25) is 0 Å². The molecule has 0 bridgehead atoms. The number of benzene rings is 1. The Morgan fingerprint density at radius 1 is 1.29 bits per heavy atom. The summed E-state index contributed by atoms with van der Waals surface area (Å²) in [6.45, 7) is 4.33. The Kier molecular flexibility index (Phi) is 8.45. The molecule has 1 unspecified atom stereocenters. The zero-order valence-corrected chi connectivity index (χ0v) is 15.8. The summed E-state index contributed by atoms with van der Waals surface area (Å²) in [6.07, 6.45) is 2.83. The maximum atomic E-state index is 12.4. The van der Waals surface area contributed by atoms with Crippen LogP contribution in [0.2, 0.25) is 0 Å². The number of nitrogens with one attached hydrogen (secondary N) is 2. The van der Waals surface area contributed by atoms with Crippen LogP contribution in [-0.4, -0.2) is 47.4 Å². The van der Waals surface area contributed by atoms with E-state index in [-0.39, 0.29) is 22.8 Å². The van der Waals surface area contributed by atoms with Gasteiger partial charge in [-0.2, -0.15) is 0 Å². The molecular formula is C16H27ClN2O4S. The van der Waals surface area contributed by atoms with Gasteiger partial charge in [0.25, 0.3) is 0 Å². The number of rotatable bonds is 9. The second-order valence-electron chi connectivity index (χ2n) is 5.89. The van der Waals surface area contributed by atoms with Crippen molar-refractivity contribution in [1.29, 1.82) is 0 Å². The summed E-state index contributed by atoms with van der Waals surface area (Å²) >= 11 is 0. The Hall–Kier alpha value is -0.860. The Balaban J connectivity index is 0.00000288. The molecule has 0 saturated carbocycles. The Labute approximate surface area is 150 Å². The van der Waals surface area contributed by atoms with Crippen molar-refractivity contribution in [3.05, 3.63) is 24.3 Å². The van der Waals surface area contributed by atoms with Gasteiger partial charge in [0.15, 0.2) is 0 Å². The summed E-state index contributed by atoms with van der Waals surface area (Å²) in [5.74, 6) is 0.680. The zero-order valence-electron chi connectivity index (χ0n) is 14.2. The van der Waals surface area contributed by atoms with Crippen molar-refractivity contribution in [1.82, 2.24) is 10.0 Å². The Morgan fingerprint density at radius 3 is 2.54 bits per heavy atom. The molecule has 8 heteroatoms. The molecule has 0 amide bonds. The van der Waals surface area contributed by atoms with Crippen LogP contribution in [0.5, 0.6) is 5.75 Å². The average Bonchev–Trinajstić information content (AvgIpc) is 3.01. The molecule has 1 saturated heterocycles. The number of hydrogen-bond donors (Lipinski definition) is 2. The van der Waals surface area contributed by atoms with Gasteiger partial charge in [0.2, 0.25) is 10.0 Å². The summed E-state index contributed by atoms with van der Waals surface area (Å²) in [5.41, 5.74) is -0.313. The molecule has 1 fully saturated rings. The fraction of sp³-hybridized carbons (Fsp3) is 0.625. The first-order valence-corrected chi connectivity index (χ1v) is 9.46. The van der Waals surface area contributed by atoms with E-state index in [1.165, 1.54) is 0 Å². The molecule has 1 atom stereocenters. The van der Waals surface area contributed by atoms with Crippen LogP contribution in [0.4, 0.5) is 0 Å². The van der Waals surface area contributed by atoms with E-state index < -0.39 is 10.0 Å². The smallest absolute Gasteiger partial charge is 0.240 e. The molecule has 1 aliphatic rings. The first-order chi connectivity index (χ1) is 11.0. The predicted molar refractivity (Wildman–Crippen MR) is 96.5 cm³/mol. The highest BCUT2D eigenvalue weighted by Crippen LogP contribution is 2.21. The standard InChI is InChI=1S/C16H26N2O4S.ClH/c1-3-11-22-14-5-7-15(8-6-14)23(19,20)18-12-16(13-21-2)9-4-10-17-16;/h5-8,17-18H,3-4,9-13H2,1-2H3;1H. The van der Waals surface area contributed by atoms with Gasteiger partial charge >= 0.3 is 0 Å². The second-order valence-corrected chi connectivity index (χ2v) is 7.66. The van der Waals surface area contributed by atoms with E-state index in [4.69, 9.17) is 9.47 Å². The number of methoxy groups -OCH3 is 1. The molecule has 1 aliphatic heterocycles. The number of ether oxygens (including phenoxy) is 2.